The molecule has 2 N–H and O–H groups in total. The Morgan fingerprint density at radius 1 is 1.00 bits per heavy atom. The van der Waals surface area contributed by atoms with Crippen molar-refractivity contribution in [2.45, 2.75) is 18.7 Å². The second kappa shape index (κ2) is 11.8. The Morgan fingerprint density at radius 3 is 2.48 bits per heavy atom. The SMILES string of the molecule is O=C(O)OC1CCOc2cc(Oc3ccc(C(=O)Nc4cccc(-c5ccc(Cl)c(C(F)(F)F)c5)n4)cc3)c(Cl)cc21. The largest absolute Gasteiger partial charge is 0.506 e. The van der Waals surface area contributed by atoms with Gasteiger partial charge in [-0.05, 0) is 54.6 Å². The fourth-order valence-corrected chi connectivity index (χ4v) is 4.67. The highest BCUT2D eigenvalue weighted by molar-refractivity contribution is 6.32. The maximum absolute atomic E-state index is 13.3. The first-order chi connectivity index (χ1) is 20.0. The number of alkyl halides is 3. The predicted molar refractivity (Wildman–Crippen MR) is 148 cm³/mol. The number of rotatable bonds is 6. The Kier molecular flexibility index (Phi) is 8.15. The summed E-state index contributed by atoms with van der Waals surface area (Å²) in [6, 6.07) is 17.2. The average Bonchev–Trinajstić information content (AvgIpc) is 2.94. The van der Waals surface area contributed by atoms with Crippen LogP contribution in [-0.4, -0.2) is 28.8 Å². The van der Waals surface area contributed by atoms with Crippen molar-refractivity contribution in [3.05, 3.63) is 99.5 Å². The second-order valence-electron chi connectivity index (χ2n) is 9.01. The number of nitrogens with one attached hydrogen (secondary N) is 1. The number of hydrogen-bond acceptors (Lipinski definition) is 6. The molecular formula is C29H19Cl2F3N2O6. The highest BCUT2D eigenvalue weighted by Crippen LogP contribution is 2.42. The van der Waals surface area contributed by atoms with Gasteiger partial charge in [0.1, 0.15) is 29.2 Å². The number of anilines is 1. The maximum Gasteiger partial charge on any atom is 0.506 e. The summed E-state index contributed by atoms with van der Waals surface area (Å²) in [5.74, 6) is 0.604. The molecule has 4 aromatic rings. The number of pyridine rings is 1. The van der Waals surface area contributed by atoms with Crippen LogP contribution in [0.5, 0.6) is 17.2 Å². The van der Waals surface area contributed by atoms with Crippen LogP contribution in [0.4, 0.5) is 23.8 Å². The molecule has 216 valence electrons. The van der Waals surface area contributed by atoms with E-state index in [1.54, 1.807) is 6.07 Å². The van der Waals surface area contributed by atoms with Crippen molar-refractivity contribution in [1.29, 1.82) is 0 Å². The van der Waals surface area contributed by atoms with E-state index in [0.29, 0.717) is 23.5 Å². The first-order valence-electron chi connectivity index (χ1n) is 12.3. The van der Waals surface area contributed by atoms with Crippen LogP contribution in [0.1, 0.15) is 34.0 Å². The van der Waals surface area contributed by atoms with E-state index in [9.17, 15) is 22.8 Å². The minimum absolute atomic E-state index is 0.132. The summed E-state index contributed by atoms with van der Waals surface area (Å²) < 4.78 is 56.2. The summed E-state index contributed by atoms with van der Waals surface area (Å²) >= 11 is 12.1. The van der Waals surface area contributed by atoms with E-state index < -0.39 is 34.9 Å². The number of aromatic nitrogens is 1. The number of carbonyl (C=O) groups excluding carboxylic acids is 1. The molecule has 2 heterocycles. The maximum atomic E-state index is 13.3. The van der Waals surface area contributed by atoms with Crippen LogP contribution in [0, 0.1) is 0 Å². The van der Waals surface area contributed by atoms with E-state index in [4.69, 9.17) is 42.5 Å². The third kappa shape index (κ3) is 6.53. The standard InChI is InChI=1S/C29H19Cl2F3N2O6/c30-20-9-6-16(12-19(20)29(32,33)34)22-2-1-3-26(35-22)36-27(37)15-4-7-17(8-5-15)41-25-14-24-18(13-21(25)31)23(10-11-40-24)42-28(38)39/h1-9,12-14,23H,10-11H2,(H,38,39)(H,35,36,37). The van der Waals surface area contributed by atoms with Gasteiger partial charge < -0.3 is 24.6 Å². The lowest BCUT2D eigenvalue weighted by Gasteiger charge is -2.25. The van der Waals surface area contributed by atoms with Gasteiger partial charge in [-0.25, -0.2) is 9.78 Å². The van der Waals surface area contributed by atoms with Crippen LogP contribution in [0.25, 0.3) is 11.3 Å². The summed E-state index contributed by atoms with van der Waals surface area (Å²) in [4.78, 5) is 28.1. The number of benzene rings is 3. The van der Waals surface area contributed by atoms with Crippen LogP contribution >= 0.6 is 23.2 Å². The van der Waals surface area contributed by atoms with E-state index in [-0.39, 0.29) is 40.0 Å². The summed E-state index contributed by atoms with van der Waals surface area (Å²) in [5, 5.41) is 11.4. The zero-order chi connectivity index (χ0) is 30.0. The number of nitrogens with zero attached hydrogens (tertiary/aromatic N) is 1. The molecule has 0 saturated heterocycles. The number of amides is 1. The Bertz CT molecular complexity index is 1660. The van der Waals surface area contributed by atoms with Crippen LogP contribution < -0.4 is 14.8 Å². The highest BCUT2D eigenvalue weighted by Gasteiger charge is 2.33. The Labute approximate surface area is 246 Å². The Balaban J connectivity index is 1.28. The van der Waals surface area contributed by atoms with Crippen LogP contribution in [0.2, 0.25) is 10.0 Å². The summed E-state index contributed by atoms with van der Waals surface area (Å²) in [5.41, 5.74) is 0.156. The quantitative estimate of drug-likeness (QED) is 0.208. The van der Waals surface area contributed by atoms with Crippen molar-refractivity contribution in [1.82, 2.24) is 4.98 Å². The molecule has 1 aromatic heterocycles. The molecule has 1 amide bonds. The van der Waals surface area contributed by atoms with Gasteiger partial charge in [0.15, 0.2) is 0 Å². The molecule has 1 atom stereocenters. The first kappa shape index (κ1) is 29.0. The predicted octanol–water partition coefficient (Wildman–Crippen LogP) is 8.64. The van der Waals surface area contributed by atoms with Crippen molar-refractivity contribution in [2.75, 3.05) is 11.9 Å². The minimum atomic E-state index is -4.63. The third-order valence-corrected chi connectivity index (χ3v) is 6.82. The average molecular weight is 619 g/mol. The van der Waals surface area contributed by atoms with Crippen molar-refractivity contribution < 1.29 is 42.1 Å². The van der Waals surface area contributed by atoms with Crippen molar-refractivity contribution >= 4 is 41.1 Å². The van der Waals surface area contributed by atoms with Gasteiger partial charge in [0.05, 0.1) is 27.9 Å². The van der Waals surface area contributed by atoms with Gasteiger partial charge in [0.2, 0.25) is 0 Å². The van der Waals surface area contributed by atoms with E-state index >= 15 is 0 Å². The number of carboxylic acid groups (broad SMARTS) is 1. The molecule has 0 saturated carbocycles. The van der Waals surface area contributed by atoms with E-state index in [0.717, 1.165) is 12.1 Å². The first-order valence-corrected chi connectivity index (χ1v) is 13.0. The molecule has 0 aliphatic carbocycles. The van der Waals surface area contributed by atoms with Gasteiger partial charge in [-0.3, -0.25) is 4.79 Å². The Hall–Kier alpha value is -4.48. The lowest BCUT2D eigenvalue weighted by atomic mass is 10.0. The lowest BCUT2D eigenvalue weighted by molar-refractivity contribution is -0.137. The molecule has 13 heteroatoms. The second-order valence-corrected chi connectivity index (χ2v) is 9.83. The molecule has 5 rings (SSSR count). The monoisotopic (exact) mass is 618 g/mol. The topological polar surface area (TPSA) is 107 Å². The van der Waals surface area contributed by atoms with Crippen LogP contribution in [0.3, 0.4) is 0 Å². The number of halogens is 5. The van der Waals surface area contributed by atoms with Crippen molar-refractivity contribution in [3.63, 3.8) is 0 Å². The molecule has 1 aliphatic heterocycles. The van der Waals surface area contributed by atoms with Gasteiger partial charge in [0, 0.05) is 29.2 Å². The van der Waals surface area contributed by atoms with Gasteiger partial charge in [-0.1, -0.05) is 35.3 Å². The molecule has 0 fully saturated rings. The van der Waals surface area contributed by atoms with Gasteiger partial charge in [-0.2, -0.15) is 13.2 Å². The third-order valence-electron chi connectivity index (χ3n) is 6.19. The van der Waals surface area contributed by atoms with E-state index in [1.165, 1.54) is 54.6 Å². The summed E-state index contributed by atoms with van der Waals surface area (Å²) in [7, 11) is 0. The van der Waals surface area contributed by atoms with Gasteiger partial charge in [-0.15, -0.1) is 0 Å². The molecular weight excluding hydrogens is 600 g/mol. The molecule has 0 radical (unpaired) electrons. The zero-order valence-electron chi connectivity index (χ0n) is 21.2. The molecule has 0 spiro atoms. The molecule has 8 nitrogen and oxygen atoms in total. The van der Waals surface area contributed by atoms with Crippen LogP contribution in [0.15, 0.2) is 72.8 Å². The minimum Gasteiger partial charge on any atom is -0.493 e. The van der Waals surface area contributed by atoms with Crippen LogP contribution in [-0.2, 0) is 10.9 Å². The zero-order valence-corrected chi connectivity index (χ0v) is 22.8. The van der Waals surface area contributed by atoms with E-state index in [2.05, 4.69) is 10.3 Å². The Morgan fingerprint density at radius 2 is 1.76 bits per heavy atom. The highest BCUT2D eigenvalue weighted by atomic mass is 35.5. The smallest absolute Gasteiger partial charge is 0.493 e. The summed E-state index contributed by atoms with van der Waals surface area (Å²) in [6.07, 6.45) is -6.40. The van der Waals surface area contributed by atoms with Gasteiger partial charge >= 0.3 is 12.3 Å². The van der Waals surface area contributed by atoms with Crippen molar-refractivity contribution in [3.8, 4) is 28.5 Å². The number of hydrogen-bond donors (Lipinski definition) is 2. The molecule has 0 bridgehead atoms. The van der Waals surface area contributed by atoms with E-state index in [1.807, 2.05) is 0 Å². The molecule has 3 aromatic carbocycles. The lowest BCUT2D eigenvalue weighted by Crippen LogP contribution is -2.18. The molecule has 1 aliphatic rings. The fourth-order valence-electron chi connectivity index (χ4n) is 4.24. The molecule has 42 heavy (non-hydrogen) atoms. The number of ether oxygens (including phenoxy) is 3. The summed E-state index contributed by atoms with van der Waals surface area (Å²) in [6.45, 7) is 0.252. The van der Waals surface area contributed by atoms with Crippen molar-refractivity contribution in [2.24, 2.45) is 0 Å². The van der Waals surface area contributed by atoms with Gasteiger partial charge in [0.25, 0.3) is 5.91 Å². The number of fused-ring (bicyclic) bond motifs is 1. The normalized spacial score (nSPS) is 14.4. The fraction of sp³-hybridized carbons (Fsp3) is 0.138. The number of carbonyl (C=O) groups is 2. The molecule has 1 unspecified atom stereocenters.